The number of piperazine rings is 1. The summed E-state index contributed by atoms with van der Waals surface area (Å²) in [5.41, 5.74) is 0.480. The zero-order valence-electron chi connectivity index (χ0n) is 12.0. The number of likely N-dealkylation sites (N-methyl/N-ethyl adjacent to an activating group) is 1. The predicted molar refractivity (Wildman–Crippen MR) is 74.1 cm³/mol. The number of hydrogen-bond acceptors (Lipinski definition) is 4. The molecule has 6 heteroatoms. The van der Waals surface area contributed by atoms with Gasteiger partial charge in [-0.1, -0.05) is 0 Å². The topological polar surface area (TPSA) is 53.4 Å². The molecule has 1 saturated heterocycles. The number of imidazole rings is 1. The summed E-state index contributed by atoms with van der Waals surface area (Å²) in [5.74, 6) is -0.0958. The van der Waals surface area contributed by atoms with Gasteiger partial charge in [-0.05, 0) is 14.0 Å². The van der Waals surface area contributed by atoms with Crippen LogP contribution in [0.25, 0.3) is 0 Å². The van der Waals surface area contributed by atoms with Gasteiger partial charge in [-0.3, -0.25) is 9.69 Å². The Morgan fingerprint density at radius 2 is 2.05 bits per heavy atom. The molecule has 1 atom stereocenters. The van der Waals surface area contributed by atoms with Crippen LogP contribution in [-0.2, 0) is 7.05 Å². The molecule has 0 unspecified atom stereocenters. The van der Waals surface area contributed by atoms with E-state index in [2.05, 4.69) is 34.1 Å². The summed E-state index contributed by atoms with van der Waals surface area (Å²) >= 11 is 0. The second kappa shape index (κ2) is 6.16. The van der Waals surface area contributed by atoms with Crippen LogP contribution in [0.5, 0.6) is 0 Å². The lowest BCUT2D eigenvalue weighted by Gasteiger charge is -2.36. The third-order valence-corrected chi connectivity index (χ3v) is 3.66. The highest BCUT2D eigenvalue weighted by molar-refractivity contribution is 5.92. The fraction of sp³-hybridized carbons (Fsp3) is 0.692. The SMILES string of the molecule is C[C@H](CNC(=O)c1cn(C)cn1)N1CCN(C)CC1. The van der Waals surface area contributed by atoms with Gasteiger partial charge in [0, 0.05) is 52.0 Å². The van der Waals surface area contributed by atoms with Gasteiger partial charge in [0.15, 0.2) is 0 Å². The average molecular weight is 265 g/mol. The number of nitrogens with zero attached hydrogens (tertiary/aromatic N) is 4. The smallest absolute Gasteiger partial charge is 0.271 e. The molecule has 0 radical (unpaired) electrons. The van der Waals surface area contributed by atoms with Crippen molar-refractivity contribution in [3.63, 3.8) is 0 Å². The molecule has 1 aliphatic heterocycles. The molecule has 1 N–H and O–H groups in total. The van der Waals surface area contributed by atoms with Crippen LogP contribution in [0.3, 0.4) is 0 Å². The largest absolute Gasteiger partial charge is 0.349 e. The lowest BCUT2D eigenvalue weighted by molar-refractivity contribution is 0.0899. The fourth-order valence-electron chi connectivity index (χ4n) is 2.25. The van der Waals surface area contributed by atoms with E-state index < -0.39 is 0 Å². The molecule has 1 fully saturated rings. The van der Waals surface area contributed by atoms with Gasteiger partial charge in [0.2, 0.25) is 0 Å². The van der Waals surface area contributed by atoms with Crippen molar-refractivity contribution in [2.75, 3.05) is 39.8 Å². The van der Waals surface area contributed by atoms with Crippen LogP contribution in [0.15, 0.2) is 12.5 Å². The molecule has 1 aromatic rings. The van der Waals surface area contributed by atoms with Crippen molar-refractivity contribution in [1.29, 1.82) is 0 Å². The van der Waals surface area contributed by atoms with E-state index in [9.17, 15) is 4.79 Å². The van der Waals surface area contributed by atoms with Crippen LogP contribution in [0.1, 0.15) is 17.4 Å². The van der Waals surface area contributed by atoms with Crippen molar-refractivity contribution in [2.45, 2.75) is 13.0 Å². The summed E-state index contributed by atoms with van der Waals surface area (Å²) in [6.45, 7) is 7.15. The molecule has 1 aliphatic rings. The number of carbonyl (C=O) groups is 1. The number of nitrogens with one attached hydrogen (secondary N) is 1. The molecule has 1 amide bonds. The second-order valence-corrected chi connectivity index (χ2v) is 5.32. The minimum Gasteiger partial charge on any atom is -0.349 e. The number of hydrogen-bond donors (Lipinski definition) is 1. The first-order valence-corrected chi connectivity index (χ1v) is 6.75. The van der Waals surface area contributed by atoms with Crippen molar-refractivity contribution >= 4 is 5.91 Å². The van der Waals surface area contributed by atoms with Crippen molar-refractivity contribution < 1.29 is 4.79 Å². The quantitative estimate of drug-likeness (QED) is 0.818. The second-order valence-electron chi connectivity index (χ2n) is 5.32. The van der Waals surface area contributed by atoms with Crippen molar-refractivity contribution in [3.8, 4) is 0 Å². The summed E-state index contributed by atoms with van der Waals surface area (Å²) in [5, 5.41) is 2.95. The molecule has 0 aromatic carbocycles. The molecule has 2 rings (SSSR count). The van der Waals surface area contributed by atoms with Crippen LogP contribution in [-0.4, -0.2) is 71.1 Å². The Labute approximate surface area is 114 Å². The molecule has 19 heavy (non-hydrogen) atoms. The Kier molecular flexibility index (Phi) is 4.55. The Balaban J connectivity index is 1.77. The molecular weight excluding hydrogens is 242 g/mol. The van der Waals surface area contributed by atoms with Gasteiger partial charge in [0.25, 0.3) is 5.91 Å². The van der Waals surface area contributed by atoms with E-state index in [4.69, 9.17) is 0 Å². The summed E-state index contributed by atoms with van der Waals surface area (Å²) in [6, 6.07) is 0.362. The van der Waals surface area contributed by atoms with E-state index in [0.29, 0.717) is 18.3 Å². The molecule has 6 nitrogen and oxygen atoms in total. The third-order valence-electron chi connectivity index (χ3n) is 3.66. The Bertz CT molecular complexity index is 422. The normalized spacial score (nSPS) is 19.3. The van der Waals surface area contributed by atoms with Gasteiger partial charge >= 0.3 is 0 Å². The van der Waals surface area contributed by atoms with Crippen molar-refractivity contribution in [2.24, 2.45) is 7.05 Å². The van der Waals surface area contributed by atoms with Crippen LogP contribution in [0.4, 0.5) is 0 Å². The van der Waals surface area contributed by atoms with Crippen molar-refractivity contribution in [3.05, 3.63) is 18.2 Å². The van der Waals surface area contributed by atoms with Gasteiger partial charge in [-0.25, -0.2) is 4.98 Å². The zero-order chi connectivity index (χ0) is 13.8. The highest BCUT2D eigenvalue weighted by Gasteiger charge is 2.19. The fourth-order valence-corrected chi connectivity index (χ4v) is 2.25. The van der Waals surface area contributed by atoms with E-state index >= 15 is 0 Å². The number of carbonyl (C=O) groups excluding carboxylic acids is 1. The Morgan fingerprint density at radius 3 is 2.63 bits per heavy atom. The van der Waals surface area contributed by atoms with Gasteiger partial charge in [0.05, 0.1) is 6.33 Å². The maximum atomic E-state index is 11.9. The van der Waals surface area contributed by atoms with E-state index in [1.165, 1.54) is 0 Å². The van der Waals surface area contributed by atoms with Gasteiger partial charge < -0.3 is 14.8 Å². The van der Waals surface area contributed by atoms with Crippen LogP contribution < -0.4 is 5.32 Å². The summed E-state index contributed by atoms with van der Waals surface area (Å²) < 4.78 is 1.78. The number of aromatic nitrogens is 2. The maximum absolute atomic E-state index is 11.9. The van der Waals surface area contributed by atoms with E-state index in [1.54, 1.807) is 17.1 Å². The number of aryl methyl sites for hydroxylation is 1. The Hall–Kier alpha value is -1.40. The zero-order valence-corrected chi connectivity index (χ0v) is 12.0. The molecule has 0 spiro atoms. The molecule has 1 aromatic heterocycles. The molecule has 106 valence electrons. The van der Waals surface area contributed by atoms with Crippen LogP contribution in [0.2, 0.25) is 0 Å². The first-order valence-electron chi connectivity index (χ1n) is 6.75. The minimum absolute atomic E-state index is 0.0958. The highest BCUT2D eigenvalue weighted by atomic mass is 16.1. The van der Waals surface area contributed by atoms with Crippen LogP contribution >= 0.6 is 0 Å². The van der Waals surface area contributed by atoms with E-state index in [0.717, 1.165) is 26.2 Å². The van der Waals surface area contributed by atoms with Gasteiger partial charge in [0.1, 0.15) is 5.69 Å². The summed E-state index contributed by atoms with van der Waals surface area (Å²) in [7, 11) is 4.00. The highest BCUT2D eigenvalue weighted by Crippen LogP contribution is 2.04. The van der Waals surface area contributed by atoms with Crippen molar-refractivity contribution in [1.82, 2.24) is 24.7 Å². The van der Waals surface area contributed by atoms with Gasteiger partial charge in [-0.15, -0.1) is 0 Å². The monoisotopic (exact) mass is 265 g/mol. The number of rotatable bonds is 4. The van der Waals surface area contributed by atoms with Crippen LogP contribution in [0, 0.1) is 0 Å². The molecule has 0 aliphatic carbocycles. The average Bonchev–Trinajstić information content (AvgIpc) is 2.83. The summed E-state index contributed by atoms with van der Waals surface area (Å²) in [6.07, 6.45) is 3.37. The predicted octanol–water partition coefficient (Wildman–Crippen LogP) is -0.214. The molecule has 0 bridgehead atoms. The number of amides is 1. The lowest BCUT2D eigenvalue weighted by Crippen LogP contribution is -2.51. The molecule has 0 saturated carbocycles. The van der Waals surface area contributed by atoms with E-state index in [-0.39, 0.29) is 5.91 Å². The lowest BCUT2D eigenvalue weighted by atomic mass is 10.2. The first kappa shape index (κ1) is 14.0. The standard InChI is InChI=1S/C13H23N5O/c1-11(18-6-4-16(2)5-7-18)8-14-13(19)12-9-17(3)10-15-12/h9-11H,4-8H2,1-3H3,(H,14,19)/t11-/m1/s1. The maximum Gasteiger partial charge on any atom is 0.271 e. The third kappa shape index (κ3) is 3.78. The van der Waals surface area contributed by atoms with Gasteiger partial charge in [-0.2, -0.15) is 0 Å². The Morgan fingerprint density at radius 1 is 1.37 bits per heavy atom. The summed E-state index contributed by atoms with van der Waals surface area (Å²) in [4.78, 5) is 20.7. The minimum atomic E-state index is -0.0958. The van der Waals surface area contributed by atoms with E-state index in [1.807, 2.05) is 7.05 Å². The first-order chi connectivity index (χ1) is 9.06. The molecule has 2 heterocycles. The molecular formula is C13H23N5O.